The molecule has 2 aliphatic heterocycles. The van der Waals surface area contributed by atoms with Gasteiger partial charge in [-0.3, -0.25) is 9.59 Å². The van der Waals surface area contributed by atoms with Gasteiger partial charge in [0.1, 0.15) is 23.7 Å². The van der Waals surface area contributed by atoms with E-state index in [1.807, 2.05) is 49.9 Å². The maximum absolute atomic E-state index is 13.9. The molecule has 0 spiro atoms. The first-order chi connectivity index (χ1) is 27.9. The van der Waals surface area contributed by atoms with Crippen molar-refractivity contribution in [1.82, 2.24) is 40.4 Å². The van der Waals surface area contributed by atoms with Gasteiger partial charge in [0.2, 0.25) is 11.8 Å². The van der Waals surface area contributed by atoms with Crippen LogP contribution in [0.15, 0.2) is 60.9 Å². The molecule has 14 nitrogen and oxygen atoms in total. The van der Waals surface area contributed by atoms with Gasteiger partial charge in [0.25, 0.3) is 0 Å². The van der Waals surface area contributed by atoms with Crippen molar-refractivity contribution in [3.8, 4) is 33.6 Å². The van der Waals surface area contributed by atoms with Gasteiger partial charge in [-0.15, -0.1) is 0 Å². The van der Waals surface area contributed by atoms with Crippen molar-refractivity contribution in [1.29, 1.82) is 0 Å². The van der Waals surface area contributed by atoms with Crippen molar-refractivity contribution in [2.45, 2.75) is 102 Å². The number of aromatic amines is 2. The fourth-order valence-corrected chi connectivity index (χ4v) is 9.99. The summed E-state index contributed by atoms with van der Waals surface area (Å²) in [5, 5.41) is 5.51. The summed E-state index contributed by atoms with van der Waals surface area (Å²) in [5.41, 5.74) is 5.88. The molecule has 1 unspecified atom stereocenters. The second kappa shape index (κ2) is 15.9. The number of piperidine rings is 2. The Balaban J connectivity index is 0.951. The van der Waals surface area contributed by atoms with Crippen molar-refractivity contribution in [2.24, 2.45) is 23.7 Å². The highest BCUT2D eigenvalue weighted by Gasteiger charge is 2.53. The largest absolute Gasteiger partial charge is 0.453 e. The highest BCUT2D eigenvalue weighted by atomic mass is 16.5. The smallest absolute Gasteiger partial charge is 0.407 e. The number of amides is 4. The first-order valence-corrected chi connectivity index (χ1v) is 20.6. The van der Waals surface area contributed by atoms with Crippen LogP contribution in [-0.4, -0.2) is 92.1 Å². The number of benzene rings is 2. The summed E-state index contributed by atoms with van der Waals surface area (Å²) in [6.45, 7) is 7.71. The third kappa shape index (κ3) is 7.21. The Labute approximate surface area is 338 Å². The van der Waals surface area contributed by atoms with Crippen LogP contribution in [0, 0.1) is 23.7 Å². The summed E-state index contributed by atoms with van der Waals surface area (Å²) < 4.78 is 9.64. The van der Waals surface area contributed by atoms with Gasteiger partial charge in [-0.2, -0.15) is 0 Å². The molecule has 2 saturated carbocycles. The molecule has 4 aliphatic rings. The summed E-state index contributed by atoms with van der Waals surface area (Å²) in [4.78, 5) is 72.7. The van der Waals surface area contributed by atoms with Crippen molar-refractivity contribution in [2.75, 3.05) is 14.2 Å². The Morgan fingerprint density at radius 1 is 0.603 bits per heavy atom. The number of rotatable bonds is 11. The number of nitrogens with one attached hydrogen (secondary N) is 4. The maximum atomic E-state index is 13.9. The van der Waals surface area contributed by atoms with Crippen LogP contribution in [0.4, 0.5) is 9.59 Å². The minimum Gasteiger partial charge on any atom is -0.453 e. The van der Waals surface area contributed by atoms with Crippen LogP contribution in [0.25, 0.3) is 33.6 Å². The number of likely N-dealkylation sites (tertiary alicyclic amines) is 2. The van der Waals surface area contributed by atoms with Gasteiger partial charge in [0, 0.05) is 12.1 Å². The van der Waals surface area contributed by atoms with Gasteiger partial charge in [0.05, 0.1) is 50.1 Å². The number of imidazole rings is 2. The van der Waals surface area contributed by atoms with E-state index in [4.69, 9.17) is 19.4 Å². The van der Waals surface area contributed by atoms with Gasteiger partial charge >= 0.3 is 12.2 Å². The van der Waals surface area contributed by atoms with Gasteiger partial charge in [-0.1, -0.05) is 76.2 Å². The minimum atomic E-state index is -0.681. The first kappa shape index (κ1) is 39.2. The number of aromatic nitrogens is 4. The van der Waals surface area contributed by atoms with Crippen molar-refractivity contribution in [3.63, 3.8) is 0 Å². The minimum absolute atomic E-state index is 0.0933. The molecule has 0 radical (unpaired) electrons. The second-order valence-corrected chi connectivity index (χ2v) is 17.1. The third-order valence-corrected chi connectivity index (χ3v) is 12.9. The summed E-state index contributed by atoms with van der Waals surface area (Å²) in [6.07, 6.45) is 8.31. The Kier molecular flexibility index (Phi) is 10.8. The van der Waals surface area contributed by atoms with E-state index in [1.54, 1.807) is 0 Å². The monoisotopic (exact) mass is 790 g/mol. The number of alkyl carbamates (subject to hydrolysis) is 2. The zero-order valence-electron chi connectivity index (χ0n) is 34.0. The lowest BCUT2D eigenvalue weighted by Gasteiger charge is -2.37. The third-order valence-electron chi connectivity index (χ3n) is 12.9. The average Bonchev–Trinajstić information content (AvgIpc) is 4.10. The van der Waals surface area contributed by atoms with Crippen molar-refractivity contribution in [3.05, 3.63) is 72.6 Å². The lowest BCUT2D eigenvalue weighted by Crippen LogP contribution is -2.54. The predicted octanol–water partition coefficient (Wildman–Crippen LogP) is 7.00. The summed E-state index contributed by atoms with van der Waals surface area (Å²) in [5.74, 6) is 1.78. The van der Waals surface area contributed by atoms with E-state index in [1.165, 1.54) is 14.2 Å². The zero-order valence-corrected chi connectivity index (χ0v) is 34.0. The molecule has 14 heteroatoms. The van der Waals surface area contributed by atoms with Gasteiger partial charge < -0.3 is 39.9 Å². The van der Waals surface area contributed by atoms with Crippen LogP contribution in [0.2, 0.25) is 0 Å². The molecular weight excluding hydrogens is 737 g/mol. The van der Waals surface area contributed by atoms with Gasteiger partial charge in [0.15, 0.2) is 0 Å². The van der Waals surface area contributed by atoms with Crippen LogP contribution in [0.1, 0.15) is 90.0 Å². The van der Waals surface area contributed by atoms with E-state index in [2.05, 4.69) is 69.1 Å². The summed E-state index contributed by atoms with van der Waals surface area (Å²) in [7, 11) is 2.61. The van der Waals surface area contributed by atoms with Crippen LogP contribution in [0.5, 0.6) is 0 Å². The number of carbonyl (C=O) groups excluding carboxylic acids is 4. The molecule has 8 atom stereocenters. The standard InChI is InChI=1S/C44H54N8O6/c1-23(2)35(49-43(55)57-5)41(53)51-31-17-15-29(19-31)37(51)39-45-21-33(47-39)27-11-7-25(8-12-27)26-9-13-28(14-10-26)34-22-46-40(48-34)38-30-16-18-32(20-30)52(38)42(54)36(24(3)4)50-44(56)58-6/h7-14,21-24,29-32,35-38H,15-20H2,1-6H3,(H,45,47)(H,46,48)(H,49,55)(H,50,56)/t29-,30-,31-,32-,35+,36+,37+,38?/m1/s1. The zero-order chi connectivity index (χ0) is 40.8. The lowest BCUT2D eigenvalue weighted by atomic mass is 9.95. The highest BCUT2D eigenvalue weighted by Crippen LogP contribution is 2.51. The number of carbonyl (C=O) groups is 4. The molecule has 4 amide bonds. The highest BCUT2D eigenvalue weighted by molar-refractivity contribution is 5.88. The van der Waals surface area contributed by atoms with Crippen LogP contribution in [0.3, 0.4) is 0 Å². The topological polar surface area (TPSA) is 175 Å². The molecule has 4 fully saturated rings. The number of fused-ring (bicyclic) bond motifs is 4. The summed E-state index contributed by atoms with van der Waals surface area (Å²) in [6, 6.07) is 15.2. The number of hydrogen-bond acceptors (Lipinski definition) is 8. The number of nitrogens with zero attached hydrogens (tertiary/aromatic N) is 4. The number of ether oxygens (including phenoxy) is 2. The molecule has 4 heterocycles. The van der Waals surface area contributed by atoms with Crippen molar-refractivity contribution >= 4 is 24.0 Å². The SMILES string of the molecule is COC(=O)N[C@H](C(=O)N1C(c2ncc(-c3ccc(-c4ccc(-c5cnc([C@@H]6[C@@H]7CC[C@H](C7)N6C(=O)[C@@H](NC(=O)OC)C(C)C)[nH]5)cc4)cc3)[nH]2)[C@@H]2CC[C@@H]1C2)C(C)C. The molecule has 2 saturated heterocycles. The Morgan fingerprint density at radius 2 is 0.966 bits per heavy atom. The maximum Gasteiger partial charge on any atom is 0.407 e. The van der Waals surface area contributed by atoms with E-state index in [-0.39, 0.29) is 47.8 Å². The van der Waals surface area contributed by atoms with E-state index in [0.717, 1.165) is 83.8 Å². The van der Waals surface area contributed by atoms with Crippen LogP contribution < -0.4 is 10.6 Å². The fraction of sp³-hybridized carbons (Fsp3) is 0.500. The molecule has 4 N–H and O–H groups in total. The van der Waals surface area contributed by atoms with E-state index >= 15 is 0 Å². The lowest BCUT2D eigenvalue weighted by molar-refractivity contribution is -0.140. The normalized spacial score (nSPS) is 24.3. The molecule has 2 aromatic carbocycles. The van der Waals surface area contributed by atoms with E-state index in [0.29, 0.717) is 11.8 Å². The Hall–Kier alpha value is -5.66. The molecular formula is C44H54N8O6. The number of methoxy groups -OCH3 is 2. The van der Waals surface area contributed by atoms with Crippen molar-refractivity contribution < 1.29 is 28.7 Å². The van der Waals surface area contributed by atoms with Gasteiger partial charge in [-0.25, -0.2) is 19.6 Å². The number of hydrogen-bond donors (Lipinski definition) is 4. The van der Waals surface area contributed by atoms with Crippen LogP contribution in [-0.2, 0) is 19.1 Å². The number of H-pyrrole nitrogens is 2. The molecule has 2 aliphatic carbocycles. The van der Waals surface area contributed by atoms with Crippen LogP contribution >= 0.6 is 0 Å². The van der Waals surface area contributed by atoms with E-state index in [9.17, 15) is 19.2 Å². The average molecular weight is 791 g/mol. The predicted molar refractivity (Wildman–Crippen MR) is 217 cm³/mol. The Bertz CT molecular complexity index is 1990. The first-order valence-electron chi connectivity index (χ1n) is 20.6. The molecule has 2 aromatic heterocycles. The van der Waals surface area contributed by atoms with E-state index < -0.39 is 24.3 Å². The molecule has 4 bridgehead atoms. The Morgan fingerprint density at radius 3 is 1.31 bits per heavy atom. The molecule has 58 heavy (non-hydrogen) atoms. The molecule has 8 rings (SSSR count). The quantitative estimate of drug-likeness (QED) is 0.126. The molecule has 4 aromatic rings. The summed E-state index contributed by atoms with van der Waals surface area (Å²) >= 11 is 0. The second-order valence-electron chi connectivity index (χ2n) is 17.1. The fourth-order valence-electron chi connectivity index (χ4n) is 9.99. The van der Waals surface area contributed by atoms with Gasteiger partial charge in [-0.05, 0) is 84.5 Å². The molecule has 306 valence electrons.